The highest BCUT2D eigenvalue weighted by Gasteiger charge is 2.41. The van der Waals surface area contributed by atoms with E-state index < -0.39 is 5.82 Å². The van der Waals surface area contributed by atoms with E-state index in [0.717, 1.165) is 13.1 Å². The monoisotopic (exact) mass is 481 g/mol. The van der Waals surface area contributed by atoms with Crippen molar-refractivity contribution in [2.75, 3.05) is 13.1 Å². The van der Waals surface area contributed by atoms with Gasteiger partial charge in [0.1, 0.15) is 11.6 Å². The van der Waals surface area contributed by atoms with Crippen molar-refractivity contribution < 1.29 is 13.9 Å². The lowest BCUT2D eigenvalue weighted by atomic mass is 9.81. The summed E-state index contributed by atoms with van der Waals surface area (Å²) in [6, 6.07) is 25.3. The zero-order valence-electron chi connectivity index (χ0n) is 17.4. The van der Waals surface area contributed by atoms with Gasteiger partial charge in [-0.3, -0.25) is 9.69 Å². The molecule has 1 aliphatic rings. The number of nitrogens with zero attached hydrogens (tertiary/aromatic N) is 1. The summed E-state index contributed by atoms with van der Waals surface area (Å²) in [4.78, 5) is 15.2. The van der Waals surface area contributed by atoms with Gasteiger partial charge in [-0.25, -0.2) is 4.39 Å². The second-order valence-electron chi connectivity index (χ2n) is 7.98. The summed E-state index contributed by atoms with van der Waals surface area (Å²) in [5, 5.41) is 0. The van der Waals surface area contributed by atoms with E-state index in [2.05, 4.69) is 69.4 Å². The summed E-state index contributed by atoms with van der Waals surface area (Å²) >= 11 is 3.24. The van der Waals surface area contributed by atoms with Gasteiger partial charge in [-0.05, 0) is 35.6 Å². The zero-order valence-corrected chi connectivity index (χ0v) is 19.0. The van der Waals surface area contributed by atoms with Crippen molar-refractivity contribution in [2.45, 2.75) is 19.4 Å². The maximum Gasteiger partial charge on any atom is 0.314 e. The SMILES string of the molecule is CCC(C(=O)Oc1cc(F)cc(Br)c1)C1CN(C(c2ccccc2)c2ccccc2)C1. The molecule has 1 heterocycles. The largest absolute Gasteiger partial charge is 0.426 e. The zero-order chi connectivity index (χ0) is 21.8. The highest BCUT2D eigenvalue weighted by atomic mass is 79.9. The molecule has 0 N–H and O–H groups in total. The Morgan fingerprint density at radius 3 is 2.13 bits per heavy atom. The molecule has 0 saturated carbocycles. The lowest BCUT2D eigenvalue weighted by Gasteiger charge is -2.47. The Morgan fingerprint density at radius 1 is 1.03 bits per heavy atom. The van der Waals surface area contributed by atoms with Crippen LogP contribution in [0.4, 0.5) is 4.39 Å². The van der Waals surface area contributed by atoms with Crippen LogP contribution in [-0.4, -0.2) is 24.0 Å². The van der Waals surface area contributed by atoms with Crippen molar-refractivity contribution in [3.8, 4) is 5.75 Å². The Balaban J connectivity index is 1.46. The van der Waals surface area contributed by atoms with E-state index >= 15 is 0 Å². The van der Waals surface area contributed by atoms with Gasteiger partial charge in [0.05, 0.1) is 12.0 Å². The molecule has 3 aromatic rings. The number of likely N-dealkylation sites (tertiary alicyclic amines) is 1. The van der Waals surface area contributed by atoms with Gasteiger partial charge in [0, 0.05) is 23.6 Å². The quantitative estimate of drug-likeness (QED) is 0.295. The highest BCUT2D eigenvalue weighted by Crippen LogP contribution is 2.38. The molecule has 0 aliphatic carbocycles. The number of hydrogen-bond donors (Lipinski definition) is 0. The molecule has 0 amide bonds. The predicted octanol–water partition coefficient (Wildman–Crippen LogP) is 6.24. The maximum absolute atomic E-state index is 13.6. The smallest absolute Gasteiger partial charge is 0.314 e. The molecule has 1 atom stereocenters. The van der Waals surface area contributed by atoms with Crippen molar-refractivity contribution in [3.05, 3.63) is 100 Å². The first-order valence-electron chi connectivity index (χ1n) is 10.6. The van der Waals surface area contributed by atoms with E-state index in [1.807, 2.05) is 19.1 Å². The fraction of sp³-hybridized carbons (Fsp3) is 0.269. The third-order valence-electron chi connectivity index (χ3n) is 5.90. The van der Waals surface area contributed by atoms with Crippen LogP contribution in [0.2, 0.25) is 0 Å². The third-order valence-corrected chi connectivity index (χ3v) is 6.36. The molecule has 0 aromatic heterocycles. The van der Waals surface area contributed by atoms with E-state index in [4.69, 9.17) is 4.74 Å². The predicted molar refractivity (Wildman–Crippen MR) is 123 cm³/mol. The standard InChI is InChI=1S/C26H25BrFNO2/c1-2-24(26(30)31-23-14-21(27)13-22(28)15-23)20-16-29(17-20)25(18-9-5-3-6-10-18)19-11-7-4-8-12-19/h3-15,20,24-25H,2,16-17H2,1H3. The molecule has 1 unspecified atom stereocenters. The Labute approximate surface area is 191 Å². The molecule has 1 aliphatic heterocycles. The summed E-state index contributed by atoms with van der Waals surface area (Å²) < 4.78 is 19.7. The van der Waals surface area contributed by atoms with Crippen LogP contribution in [0.1, 0.15) is 30.5 Å². The molecule has 0 spiro atoms. The van der Waals surface area contributed by atoms with Crippen molar-refractivity contribution in [1.82, 2.24) is 4.90 Å². The van der Waals surface area contributed by atoms with Crippen molar-refractivity contribution in [3.63, 3.8) is 0 Å². The van der Waals surface area contributed by atoms with E-state index in [1.54, 1.807) is 6.07 Å². The molecule has 0 bridgehead atoms. The van der Waals surface area contributed by atoms with Crippen LogP contribution in [0.3, 0.4) is 0 Å². The average molecular weight is 482 g/mol. The minimum absolute atomic E-state index is 0.159. The molecular formula is C26H25BrFNO2. The summed E-state index contributed by atoms with van der Waals surface area (Å²) in [5.41, 5.74) is 2.49. The van der Waals surface area contributed by atoms with Crippen LogP contribution in [0.25, 0.3) is 0 Å². The molecule has 1 saturated heterocycles. The van der Waals surface area contributed by atoms with E-state index in [0.29, 0.717) is 10.9 Å². The highest BCUT2D eigenvalue weighted by molar-refractivity contribution is 9.10. The number of benzene rings is 3. The van der Waals surface area contributed by atoms with Gasteiger partial charge in [0.2, 0.25) is 0 Å². The molecule has 1 fully saturated rings. The lowest BCUT2D eigenvalue weighted by molar-refractivity contribution is -0.144. The van der Waals surface area contributed by atoms with E-state index in [9.17, 15) is 9.18 Å². The number of halogens is 2. The van der Waals surface area contributed by atoms with Crippen LogP contribution in [0, 0.1) is 17.7 Å². The lowest BCUT2D eigenvalue weighted by Crippen LogP contribution is -2.53. The Bertz CT molecular complexity index is 962. The number of hydrogen-bond acceptors (Lipinski definition) is 3. The fourth-order valence-electron chi connectivity index (χ4n) is 4.37. The summed E-state index contributed by atoms with van der Waals surface area (Å²) in [7, 11) is 0. The second kappa shape index (κ2) is 9.75. The molecule has 160 valence electrons. The number of ether oxygens (including phenoxy) is 1. The van der Waals surface area contributed by atoms with Crippen molar-refractivity contribution >= 4 is 21.9 Å². The van der Waals surface area contributed by atoms with Crippen LogP contribution >= 0.6 is 15.9 Å². The first-order valence-corrected chi connectivity index (χ1v) is 11.4. The Hall–Kier alpha value is -2.50. The van der Waals surface area contributed by atoms with Gasteiger partial charge < -0.3 is 4.74 Å². The number of carbonyl (C=O) groups excluding carboxylic acids is 1. The van der Waals surface area contributed by atoms with Crippen LogP contribution in [-0.2, 0) is 4.79 Å². The van der Waals surface area contributed by atoms with Gasteiger partial charge in [0.15, 0.2) is 0 Å². The average Bonchev–Trinajstić information content (AvgIpc) is 2.73. The normalized spacial score (nSPS) is 15.5. The molecule has 3 aromatic carbocycles. The van der Waals surface area contributed by atoms with Crippen LogP contribution in [0.15, 0.2) is 83.3 Å². The topological polar surface area (TPSA) is 29.5 Å². The third kappa shape index (κ3) is 5.05. The minimum Gasteiger partial charge on any atom is -0.426 e. The number of rotatable bonds is 7. The van der Waals surface area contributed by atoms with E-state index in [1.165, 1.54) is 23.3 Å². The Morgan fingerprint density at radius 2 is 1.61 bits per heavy atom. The summed E-state index contributed by atoms with van der Waals surface area (Å²) in [6.45, 7) is 3.63. The van der Waals surface area contributed by atoms with E-state index in [-0.39, 0.29) is 29.6 Å². The molecule has 3 nitrogen and oxygen atoms in total. The first kappa shape index (κ1) is 21.7. The number of esters is 1. The van der Waals surface area contributed by atoms with Gasteiger partial charge in [-0.2, -0.15) is 0 Å². The molecule has 0 radical (unpaired) electrons. The van der Waals surface area contributed by atoms with Gasteiger partial charge in [-0.1, -0.05) is 83.5 Å². The summed E-state index contributed by atoms with van der Waals surface area (Å²) in [5.74, 6) is -0.498. The van der Waals surface area contributed by atoms with Crippen molar-refractivity contribution in [1.29, 1.82) is 0 Å². The Kier molecular flexibility index (Phi) is 6.83. The maximum atomic E-state index is 13.6. The molecule has 5 heteroatoms. The fourth-order valence-corrected chi connectivity index (χ4v) is 4.82. The molecule has 31 heavy (non-hydrogen) atoms. The van der Waals surface area contributed by atoms with Crippen molar-refractivity contribution in [2.24, 2.45) is 11.8 Å². The molecular weight excluding hydrogens is 457 g/mol. The van der Waals surface area contributed by atoms with Gasteiger partial charge in [-0.15, -0.1) is 0 Å². The van der Waals surface area contributed by atoms with Crippen LogP contribution in [0.5, 0.6) is 5.75 Å². The van der Waals surface area contributed by atoms with Gasteiger partial charge >= 0.3 is 5.97 Å². The number of carbonyl (C=O) groups is 1. The minimum atomic E-state index is -0.436. The summed E-state index contributed by atoms with van der Waals surface area (Å²) in [6.07, 6.45) is 0.690. The molecule has 4 rings (SSSR count). The second-order valence-corrected chi connectivity index (χ2v) is 8.89. The van der Waals surface area contributed by atoms with Gasteiger partial charge in [0.25, 0.3) is 0 Å². The van der Waals surface area contributed by atoms with Crippen LogP contribution < -0.4 is 4.74 Å². The first-order chi connectivity index (χ1) is 15.0.